The van der Waals surface area contributed by atoms with Gasteiger partial charge in [0.05, 0.1) is 29.6 Å². The topological polar surface area (TPSA) is 139 Å². The SMILES string of the molecule is C.C.N=C(N)C1CCC(Nc2ccc3ncc(-c4cccc(Cl)c4)n3n2)CC1.[C-]#[N+]C1CCC(Nc2ccc3ncc(-c4cccc(Cl)c4)n3n2)CC1. The maximum atomic E-state index is 7.59. The van der Waals surface area contributed by atoms with Crippen LogP contribution in [0.1, 0.15) is 66.2 Å². The molecule has 8 rings (SSSR count). The Bertz CT molecular complexity index is 2190. The molecule has 5 N–H and O–H groups in total. The van der Waals surface area contributed by atoms with Gasteiger partial charge in [-0.1, -0.05) is 62.3 Å². The molecule has 2 aliphatic rings. The summed E-state index contributed by atoms with van der Waals surface area (Å²) in [5.41, 5.74) is 11.0. The summed E-state index contributed by atoms with van der Waals surface area (Å²) < 4.78 is 3.69. The van der Waals surface area contributed by atoms with Gasteiger partial charge < -0.3 is 21.2 Å². The summed E-state index contributed by atoms with van der Waals surface area (Å²) in [4.78, 5) is 12.5. The highest BCUT2D eigenvalue weighted by atomic mass is 35.5. The summed E-state index contributed by atoms with van der Waals surface area (Å²) in [6, 6.07) is 24.2. The van der Waals surface area contributed by atoms with Crippen molar-refractivity contribution in [2.75, 3.05) is 10.6 Å². The molecule has 2 saturated carbocycles. The maximum absolute atomic E-state index is 7.59. The summed E-state index contributed by atoms with van der Waals surface area (Å²) in [5.74, 6) is 2.20. The summed E-state index contributed by atoms with van der Waals surface area (Å²) in [7, 11) is 0. The molecule has 0 radical (unpaired) electrons. The number of anilines is 2. The first-order valence-electron chi connectivity index (χ1n) is 17.3. The molecule has 11 nitrogen and oxygen atoms in total. The molecular formula is C40H47Cl2N11. The molecule has 6 aromatic rings. The standard InChI is InChI=1S/C19H21ClN6.C19H18ClN5.2CH4/c20-14-3-1-2-13(10-14)16-11-23-18-9-8-17(25-26(16)18)24-15-6-4-12(5-7-15)19(21)22;1-21-15-5-7-16(8-6-15)23-18-9-10-19-22-12-17(25(19)24-18)13-3-2-4-14(20)11-13;;/h1-3,8-12,15H,4-7H2,(H3,21,22)(H,24,25);2-4,9-12,15-16H,5-8H2,(H,23,24);2*1H4. The van der Waals surface area contributed by atoms with Crippen molar-refractivity contribution >= 4 is 52.0 Å². The molecule has 0 unspecified atom stereocenters. The quantitative estimate of drug-likeness (QED) is 0.0724. The molecule has 0 aliphatic heterocycles. The number of amidine groups is 1. The predicted molar refractivity (Wildman–Crippen MR) is 218 cm³/mol. The third kappa shape index (κ3) is 9.25. The van der Waals surface area contributed by atoms with Gasteiger partial charge in [-0.3, -0.25) is 5.41 Å². The molecule has 276 valence electrons. The van der Waals surface area contributed by atoms with Crippen LogP contribution in [-0.4, -0.2) is 53.2 Å². The lowest BCUT2D eigenvalue weighted by atomic mass is 9.85. The number of nitrogens with two attached hydrogens (primary N) is 1. The number of nitrogens with zero attached hydrogens (tertiary/aromatic N) is 7. The number of hydrogen-bond acceptors (Lipinski definition) is 7. The Balaban J connectivity index is 0.000000197. The molecule has 4 aromatic heterocycles. The Kier molecular flexibility index (Phi) is 12.9. The van der Waals surface area contributed by atoms with E-state index in [0.29, 0.717) is 28.0 Å². The maximum Gasteiger partial charge on any atom is 0.223 e. The van der Waals surface area contributed by atoms with Crippen molar-refractivity contribution in [2.45, 2.75) is 84.3 Å². The molecule has 13 heteroatoms. The Morgan fingerprint density at radius 1 is 0.698 bits per heavy atom. The molecular weight excluding hydrogens is 705 g/mol. The molecule has 2 aliphatic carbocycles. The van der Waals surface area contributed by atoms with Crippen molar-refractivity contribution in [3.8, 4) is 22.5 Å². The summed E-state index contributed by atoms with van der Waals surface area (Å²) in [5, 5.41) is 25.4. The third-order valence-corrected chi connectivity index (χ3v) is 10.2. The molecule has 53 heavy (non-hydrogen) atoms. The molecule has 0 bridgehead atoms. The lowest BCUT2D eigenvalue weighted by molar-refractivity contribution is 0.404. The van der Waals surface area contributed by atoms with Crippen LogP contribution in [0.15, 0.2) is 85.2 Å². The van der Waals surface area contributed by atoms with E-state index in [-0.39, 0.29) is 26.8 Å². The smallest absolute Gasteiger partial charge is 0.223 e. The summed E-state index contributed by atoms with van der Waals surface area (Å²) in [6.45, 7) is 7.15. The molecule has 4 heterocycles. The van der Waals surface area contributed by atoms with Crippen LogP contribution in [0, 0.1) is 17.9 Å². The van der Waals surface area contributed by atoms with Gasteiger partial charge in [0.2, 0.25) is 6.04 Å². The van der Waals surface area contributed by atoms with E-state index in [1.54, 1.807) is 0 Å². The van der Waals surface area contributed by atoms with Gasteiger partial charge in [-0.25, -0.2) is 25.6 Å². The van der Waals surface area contributed by atoms with Crippen molar-refractivity contribution in [2.24, 2.45) is 11.7 Å². The van der Waals surface area contributed by atoms with Gasteiger partial charge in [0, 0.05) is 52.0 Å². The van der Waals surface area contributed by atoms with Crippen LogP contribution in [0.4, 0.5) is 11.6 Å². The minimum absolute atomic E-state index is 0. The van der Waals surface area contributed by atoms with Crippen molar-refractivity contribution in [3.05, 3.63) is 107 Å². The number of imidazole rings is 2. The number of nitrogens with one attached hydrogen (secondary N) is 3. The average molecular weight is 753 g/mol. The van der Waals surface area contributed by atoms with Crippen LogP contribution in [0.3, 0.4) is 0 Å². The molecule has 0 amide bonds. The van der Waals surface area contributed by atoms with Gasteiger partial charge in [0.1, 0.15) is 11.6 Å². The predicted octanol–water partition coefficient (Wildman–Crippen LogP) is 9.92. The normalized spacial score (nSPS) is 19.5. The van der Waals surface area contributed by atoms with Crippen LogP contribution in [0.2, 0.25) is 10.0 Å². The first kappa shape index (κ1) is 39.0. The van der Waals surface area contributed by atoms with Crippen LogP contribution in [0.25, 0.3) is 38.7 Å². The first-order chi connectivity index (χ1) is 24.8. The zero-order valence-corrected chi connectivity index (χ0v) is 29.5. The minimum Gasteiger partial charge on any atom is -0.387 e. The van der Waals surface area contributed by atoms with E-state index in [2.05, 4.69) is 25.4 Å². The van der Waals surface area contributed by atoms with E-state index in [0.717, 1.165) is 96.8 Å². The summed E-state index contributed by atoms with van der Waals surface area (Å²) >= 11 is 12.2. The van der Waals surface area contributed by atoms with Gasteiger partial charge >= 0.3 is 0 Å². The van der Waals surface area contributed by atoms with E-state index >= 15 is 0 Å². The number of fused-ring (bicyclic) bond motifs is 2. The average Bonchev–Trinajstić information content (AvgIpc) is 3.77. The van der Waals surface area contributed by atoms with E-state index in [4.69, 9.17) is 51.1 Å². The monoisotopic (exact) mass is 751 g/mol. The highest BCUT2D eigenvalue weighted by Gasteiger charge is 2.25. The highest BCUT2D eigenvalue weighted by molar-refractivity contribution is 6.31. The van der Waals surface area contributed by atoms with Gasteiger partial charge in [-0.2, -0.15) is 0 Å². The number of aromatic nitrogens is 6. The Hall–Kier alpha value is -5.18. The molecule has 0 spiro atoms. The Morgan fingerprint density at radius 3 is 1.57 bits per heavy atom. The lowest BCUT2D eigenvalue weighted by Crippen LogP contribution is -2.32. The van der Waals surface area contributed by atoms with Gasteiger partial charge in [0.15, 0.2) is 11.3 Å². The second-order valence-electron chi connectivity index (χ2n) is 13.2. The second-order valence-corrected chi connectivity index (χ2v) is 14.1. The largest absolute Gasteiger partial charge is 0.387 e. The third-order valence-electron chi connectivity index (χ3n) is 9.72. The van der Waals surface area contributed by atoms with Crippen molar-refractivity contribution in [1.29, 1.82) is 5.41 Å². The number of benzene rings is 2. The fourth-order valence-electron chi connectivity index (χ4n) is 6.91. The van der Waals surface area contributed by atoms with E-state index < -0.39 is 0 Å². The van der Waals surface area contributed by atoms with Gasteiger partial charge in [-0.05, 0) is 87.1 Å². The van der Waals surface area contributed by atoms with Crippen molar-refractivity contribution in [1.82, 2.24) is 29.2 Å². The van der Waals surface area contributed by atoms with Crippen LogP contribution >= 0.6 is 23.2 Å². The van der Waals surface area contributed by atoms with Gasteiger partial charge in [-0.15, -0.1) is 10.2 Å². The zero-order valence-electron chi connectivity index (χ0n) is 28.0. The lowest BCUT2D eigenvalue weighted by Gasteiger charge is -2.28. The Labute approximate surface area is 321 Å². The number of rotatable bonds is 7. The molecule has 0 saturated heterocycles. The van der Waals surface area contributed by atoms with E-state index in [9.17, 15) is 0 Å². The minimum atomic E-state index is 0. The fraction of sp³-hybridized carbons (Fsp3) is 0.350. The highest BCUT2D eigenvalue weighted by Crippen LogP contribution is 2.29. The van der Waals surface area contributed by atoms with Crippen molar-refractivity contribution in [3.63, 3.8) is 0 Å². The summed E-state index contributed by atoms with van der Waals surface area (Å²) in [6.07, 6.45) is 11.5. The van der Waals surface area contributed by atoms with Gasteiger partial charge in [0.25, 0.3) is 0 Å². The molecule has 2 fully saturated rings. The van der Waals surface area contributed by atoms with Crippen LogP contribution < -0.4 is 16.4 Å². The molecule has 2 aromatic carbocycles. The molecule has 0 atom stereocenters. The van der Waals surface area contributed by atoms with Crippen LogP contribution in [0.5, 0.6) is 0 Å². The van der Waals surface area contributed by atoms with E-state index in [1.807, 2.05) is 94.2 Å². The van der Waals surface area contributed by atoms with Crippen molar-refractivity contribution < 1.29 is 0 Å². The second kappa shape index (κ2) is 17.6. The van der Waals surface area contributed by atoms with E-state index in [1.165, 1.54) is 0 Å². The zero-order chi connectivity index (χ0) is 35.3. The first-order valence-corrected chi connectivity index (χ1v) is 18.0. The van der Waals surface area contributed by atoms with Crippen LogP contribution in [-0.2, 0) is 0 Å². The number of halogens is 2. The Morgan fingerprint density at radius 2 is 1.15 bits per heavy atom. The fourth-order valence-corrected chi connectivity index (χ4v) is 7.29. The number of hydrogen-bond donors (Lipinski definition) is 4.